The van der Waals surface area contributed by atoms with Gasteiger partial charge in [-0.2, -0.15) is 0 Å². The largest absolute Gasteiger partial charge is 0.368 e. The molecule has 0 bridgehead atoms. The Morgan fingerprint density at radius 2 is 2.21 bits per heavy atom. The highest BCUT2D eigenvalue weighted by Crippen LogP contribution is 2.17. The molecule has 7 nitrogen and oxygen atoms in total. The molecule has 1 fully saturated rings. The lowest BCUT2D eigenvalue weighted by atomic mass is 10.2. The van der Waals surface area contributed by atoms with Crippen LogP contribution in [0.5, 0.6) is 0 Å². The van der Waals surface area contributed by atoms with Crippen LogP contribution in [0.15, 0.2) is 0 Å². The Morgan fingerprint density at radius 3 is 2.84 bits per heavy atom. The standard InChI is InChI=1S/C11H17N5O2S/c1-2-8-14-15-9(19-8)6-13-11(18)16-5-3-4-7(16)10(12)17/h7H,2-6H2,1H3,(H2,12,17)(H,13,18)/t7-/m0/s1. The van der Waals surface area contributed by atoms with Crippen LogP contribution < -0.4 is 11.1 Å². The minimum Gasteiger partial charge on any atom is -0.368 e. The highest BCUT2D eigenvalue weighted by Gasteiger charge is 2.32. The third-order valence-electron chi connectivity index (χ3n) is 3.04. The van der Waals surface area contributed by atoms with Crippen molar-refractivity contribution < 1.29 is 9.59 Å². The van der Waals surface area contributed by atoms with Crippen molar-refractivity contribution in [3.8, 4) is 0 Å². The molecule has 0 saturated carbocycles. The number of likely N-dealkylation sites (tertiary alicyclic amines) is 1. The monoisotopic (exact) mass is 283 g/mol. The fraction of sp³-hybridized carbons (Fsp3) is 0.636. The second kappa shape index (κ2) is 5.96. The van der Waals surface area contributed by atoms with E-state index in [1.807, 2.05) is 6.92 Å². The zero-order valence-electron chi connectivity index (χ0n) is 10.8. The average molecular weight is 283 g/mol. The molecule has 1 aliphatic rings. The maximum absolute atomic E-state index is 12.0. The van der Waals surface area contributed by atoms with Gasteiger partial charge in [-0.15, -0.1) is 10.2 Å². The summed E-state index contributed by atoms with van der Waals surface area (Å²) in [5.74, 6) is -0.447. The SMILES string of the molecule is CCc1nnc(CNC(=O)N2CCC[C@H]2C(N)=O)s1. The van der Waals surface area contributed by atoms with Crippen molar-refractivity contribution in [3.05, 3.63) is 10.0 Å². The van der Waals surface area contributed by atoms with Gasteiger partial charge in [0.1, 0.15) is 16.1 Å². The summed E-state index contributed by atoms with van der Waals surface area (Å²) in [4.78, 5) is 24.7. The number of carbonyl (C=O) groups is 2. The molecule has 1 saturated heterocycles. The number of primary amides is 1. The highest BCUT2D eigenvalue weighted by molar-refractivity contribution is 7.11. The predicted octanol–water partition coefficient (Wildman–Crippen LogP) is 0.260. The van der Waals surface area contributed by atoms with Gasteiger partial charge in [0.25, 0.3) is 0 Å². The molecule has 2 heterocycles. The Bertz CT molecular complexity index is 475. The van der Waals surface area contributed by atoms with Crippen LogP contribution in [-0.4, -0.2) is 39.6 Å². The van der Waals surface area contributed by atoms with E-state index in [-0.39, 0.29) is 6.03 Å². The van der Waals surface area contributed by atoms with Crippen LogP contribution in [0.2, 0.25) is 0 Å². The molecule has 3 N–H and O–H groups in total. The topological polar surface area (TPSA) is 101 Å². The zero-order valence-corrected chi connectivity index (χ0v) is 11.6. The van der Waals surface area contributed by atoms with Gasteiger partial charge in [0.05, 0.1) is 6.54 Å². The Morgan fingerprint density at radius 1 is 1.47 bits per heavy atom. The quantitative estimate of drug-likeness (QED) is 0.827. The molecule has 1 aliphatic heterocycles. The second-order valence-corrected chi connectivity index (χ2v) is 5.50. The molecule has 0 aliphatic carbocycles. The van der Waals surface area contributed by atoms with Crippen LogP contribution >= 0.6 is 11.3 Å². The van der Waals surface area contributed by atoms with Crippen molar-refractivity contribution in [2.75, 3.05) is 6.54 Å². The summed E-state index contributed by atoms with van der Waals surface area (Å²) in [6.45, 7) is 2.90. The molecule has 0 aromatic carbocycles. The average Bonchev–Trinajstić information content (AvgIpc) is 3.04. The molecule has 0 radical (unpaired) electrons. The second-order valence-electron chi connectivity index (χ2n) is 4.36. The van der Waals surface area contributed by atoms with Gasteiger partial charge in [0.2, 0.25) is 5.91 Å². The Hall–Kier alpha value is -1.70. The van der Waals surface area contributed by atoms with Crippen LogP contribution in [0.4, 0.5) is 4.79 Å². The van der Waals surface area contributed by atoms with E-state index in [1.165, 1.54) is 16.2 Å². The predicted molar refractivity (Wildman–Crippen MR) is 70.4 cm³/mol. The number of amides is 3. The summed E-state index contributed by atoms with van der Waals surface area (Å²) >= 11 is 1.48. The molecule has 0 unspecified atom stereocenters. The molecule has 3 amide bonds. The van der Waals surface area contributed by atoms with Crippen molar-refractivity contribution >= 4 is 23.3 Å². The number of urea groups is 1. The van der Waals surface area contributed by atoms with E-state index in [0.29, 0.717) is 19.5 Å². The van der Waals surface area contributed by atoms with Crippen LogP contribution in [0.3, 0.4) is 0 Å². The van der Waals surface area contributed by atoms with E-state index in [9.17, 15) is 9.59 Å². The number of nitrogens with two attached hydrogens (primary N) is 1. The fourth-order valence-corrected chi connectivity index (χ4v) is 2.78. The number of nitrogens with zero attached hydrogens (tertiary/aromatic N) is 3. The Labute approximate surface area is 115 Å². The minimum atomic E-state index is -0.486. The third kappa shape index (κ3) is 3.19. The number of nitrogens with one attached hydrogen (secondary N) is 1. The van der Waals surface area contributed by atoms with Crippen molar-refractivity contribution in [3.63, 3.8) is 0 Å². The van der Waals surface area contributed by atoms with E-state index in [2.05, 4.69) is 15.5 Å². The normalized spacial score (nSPS) is 18.6. The van der Waals surface area contributed by atoms with Crippen molar-refractivity contribution in [2.24, 2.45) is 5.73 Å². The zero-order chi connectivity index (χ0) is 13.8. The van der Waals surface area contributed by atoms with Gasteiger partial charge in [0.15, 0.2) is 0 Å². The summed E-state index contributed by atoms with van der Waals surface area (Å²) in [5.41, 5.74) is 5.27. The molecule has 104 valence electrons. The maximum Gasteiger partial charge on any atom is 0.318 e. The first kappa shape index (κ1) is 13.7. The molecular formula is C11H17N5O2S. The van der Waals surface area contributed by atoms with Crippen LogP contribution in [0.25, 0.3) is 0 Å². The minimum absolute atomic E-state index is 0.269. The Kier molecular flexibility index (Phi) is 4.31. The van der Waals surface area contributed by atoms with Gasteiger partial charge >= 0.3 is 6.03 Å². The third-order valence-corrected chi connectivity index (χ3v) is 4.11. The summed E-state index contributed by atoms with van der Waals surface area (Å²) in [6, 6.07) is -0.754. The van der Waals surface area contributed by atoms with E-state index >= 15 is 0 Å². The molecular weight excluding hydrogens is 266 g/mol. The van der Waals surface area contributed by atoms with Gasteiger partial charge in [-0.05, 0) is 19.3 Å². The maximum atomic E-state index is 12.0. The lowest BCUT2D eigenvalue weighted by molar-refractivity contribution is -0.121. The molecule has 0 spiro atoms. The van der Waals surface area contributed by atoms with Crippen molar-refractivity contribution in [1.82, 2.24) is 20.4 Å². The van der Waals surface area contributed by atoms with Gasteiger partial charge in [-0.3, -0.25) is 4.79 Å². The molecule has 19 heavy (non-hydrogen) atoms. The molecule has 1 aromatic heterocycles. The molecule has 1 atom stereocenters. The lowest BCUT2D eigenvalue weighted by Crippen LogP contribution is -2.47. The van der Waals surface area contributed by atoms with Crippen LogP contribution in [0.1, 0.15) is 29.8 Å². The van der Waals surface area contributed by atoms with E-state index < -0.39 is 11.9 Å². The van der Waals surface area contributed by atoms with Crippen molar-refractivity contribution in [2.45, 2.75) is 38.8 Å². The smallest absolute Gasteiger partial charge is 0.318 e. The lowest BCUT2D eigenvalue weighted by Gasteiger charge is -2.22. The first-order valence-electron chi connectivity index (χ1n) is 6.27. The van der Waals surface area contributed by atoms with Gasteiger partial charge in [0, 0.05) is 6.54 Å². The van der Waals surface area contributed by atoms with Crippen LogP contribution in [-0.2, 0) is 17.8 Å². The number of aryl methyl sites for hydroxylation is 1. The Balaban J connectivity index is 1.88. The summed E-state index contributed by atoms with van der Waals surface area (Å²) in [7, 11) is 0. The van der Waals surface area contributed by atoms with Gasteiger partial charge in [-0.1, -0.05) is 18.3 Å². The van der Waals surface area contributed by atoms with Crippen LogP contribution in [0, 0.1) is 0 Å². The molecule has 2 rings (SSSR count). The fourth-order valence-electron chi connectivity index (χ4n) is 2.06. The number of carbonyl (C=O) groups excluding carboxylic acids is 2. The van der Waals surface area contributed by atoms with Crippen molar-refractivity contribution in [1.29, 1.82) is 0 Å². The summed E-state index contributed by atoms with van der Waals surface area (Å²) in [6.07, 6.45) is 2.28. The molecule has 8 heteroatoms. The number of hydrogen-bond acceptors (Lipinski definition) is 5. The number of rotatable bonds is 4. The van der Waals surface area contributed by atoms with Gasteiger partial charge in [-0.25, -0.2) is 4.79 Å². The number of aromatic nitrogens is 2. The van der Waals surface area contributed by atoms with E-state index in [0.717, 1.165) is 22.9 Å². The van der Waals surface area contributed by atoms with Gasteiger partial charge < -0.3 is 16.0 Å². The summed E-state index contributed by atoms with van der Waals surface area (Å²) < 4.78 is 0. The first-order chi connectivity index (χ1) is 9.11. The highest BCUT2D eigenvalue weighted by atomic mass is 32.1. The van der Waals surface area contributed by atoms with E-state index in [1.54, 1.807) is 0 Å². The number of hydrogen-bond donors (Lipinski definition) is 2. The van der Waals surface area contributed by atoms with E-state index in [4.69, 9.17) is 5.73 Å². The molecule has 1 aromatic rings. The summed E-state index contributed by atoms with van der Waals surface area (Å²) in [5, 5.41) is 12.4. The first-order valence-corrected chi connectivity index (χ1v) is 7.08.